The second-order valence-electron chi connectivity index (χ2n) is 8.70. The van der Waals surface area contributed by atoms with Crippen LogP contribution in [0.15, 0.2) is 88.5 Å². The quantitative estimate of drug-likeness (QED) is 0.434. The second-order valence-corrected chi connectivity index (χ2v) is 8.70. The smallest absolute Gasteiger partial charge is 0.331 e. The first-order valence-corrected chi connectivity index (χ1v) is 11.4. The topological polar surface area (TPSA) is 70.2 Å². The Balaban J connectivity index is 1.87. The summed E-state index contributed by atoms with van der Waals surface area (Å²) in [7, 11) is 4.90. The van der Waals surface area contributed by atoms with E-state index in [0.29, 0.717) is 10.9 Å². The molecule has 1 aliphatic rings. The molecule has 1 N–H and O–H groups in total. The number of hydrogen-bond acceptors (Lipinski definition) is 4. The highest BCUT2D eigenvalue weighted by atomic mass is 16.5. The minimum Gasteiger partial charge on any atom is -0.496 e. The molecule has 1 aliphatic heterocycles. The highest BCUT2D eigenvalue weighted by Crippen LogP contribution is 2.46. The number of methoxy groups -OCH3 is 1. The molecule has 0 saturated carbocycles. The first kappa shape index (κ1) is 21.0. The van der Waals surface area contributed by atoms with Crippen molar-refractivity contribution in [3.63, 3.8) is 0 Å². The summed E-state index contributed by atoms with van der Waals surface area (Å²) in [5, 5.41) is 4.17. The minimum atomic E-state index is -0.367. The average Bonchev–Trinajstić information content (AvgIpc) is 3.27. The van der Waals surface area contributed by atoms with E-state index in [2.05, 4.69) is 9.88 Å². The second kappa shape index (κ2) is 7.77. The third-order valence-electron chi connectivity index (χ3n) is 6.82. The van der Waals surface area contributed by atoms with Crippen molar-refractivity contribution < 1.29 is 4.74 Å². The van der Waals surface area contributed by atoms with Gasteiger partial charge in [0.05, 0.1) is 46.8 Å². The predicted octanol–water partition coefficient (Wildman–Crippen LogP) is 4.22. The van der Waals surface area contributed by atoms with Crippen LogP contribution in [0.4, 0.5) is 5.69 Å². The van der Waals surface area contributed by atoms with Crippen molar-refractivity contribution in [1.82, 2.24) is 13.7 Å². The molecule has 7 heteroatoms. The third kappa shape index (κ3) is 2.91. The first-order chi connectivity index (χ1) is 17.0. The Morgan fingerprint density at radius 2 is 1.51 bits per heavy atom. The molecule has 174 valence electrons. The molecule has 0 amide bonds. The Bertz CT molecular complexity index is 1730. The summed E-state index contributed by atoms with van der Waals surface area (Å²) >= 11 is 0. The Labute approximate surface area is 201 Å². The molecule has 3 aromatic carbocycles. The van der Waals surface area contributed by atoms with E-state index in [-0.39, 0.29) is 17.3 Å². The summed E-state index contributed by atoms with van der Waals surface area (Å²) in [4.78, 5) is 26.8. The van der Waals surface area contributed by atoms with E-state index < -0.39 is 0 Å². The van der Waals surface area contributed by atoms with Crippen LogP contribution < -0.4 is 21.3 Å². The molecular weight excluding hydrogens is 440 g/mol. The predicted molar refractivity (Wildman–Crippen MR) is 138 cm³/mol. The van der Waals surface area contributed by atoms with Gasteiger partial charge in [-0.1, -0.05) is 60.7 Å². The fraction of sp³-hybridized carbons (Fsp3) is 0.143. The molecule has 0 fully saturated rings. The normalized spacial score (nSPS) is 14.3. The van der Waals surface area contributed by atoms with Crippen molar-refractivity contribution in [3.05, 3.63) is 111 Å². The molecule has 6 rings (SSSR count). The lowest BCUT2D eigenvalue weighted by Crippen LogP contribution is -2.37. The number of rotatable bonds is 3. The van der Waals surface area contributed by atoms with E-state index in [9.17, 15) is 9.59 Å². The summed E-state index contributed by atoms with van der Waals surface area (Å²) in [6.07, 6.45) is 0. The van der Waals surface area contributed by atoms with Crippen molar-refractivity contribution in [2.75, 3.05) is 12.4 Å². The Hall–Kier alpha value is -4.52. The fourth-order valence-corrected chi connectivity index (χ4v) is 5.23. The number of aromatic nitrogens is 3. The number of benzene rings is 3. The van der Waals surface area contributed by atoms with Crippen LogP contribution in [0.5, 0.6) is 5.75 Å². The molecule has 0 radical (unpaired) electrons. The summed E-state index contributed by atoms with van der Waals surface area (Å²) in [6.45, 7) is 0. The zero-order chi connectivity index (χ0) is 24.3. The highest BCUT2D eigenvalue weighted by molar-refractivity contribution is 5.99. The van der Waals surface area contributed by atoms with Gasteiger partial charge in [-0.05, 0) is 23.8 Å². The van der Waals surface area contributed by atoms with Crippen LogP contribution in [0.2, 0.25) is 0 Å². The van der Waals surface area contributed by atoms with E-state index in [1.807, 2.05) is 78.9 Å². The van der Waals surface area contributed by atoms with Gasteiger partial charge in [0, 0.05) is 19.7 Å². The zero-order valence-electron chi connectivity index (χ0n) is 19.6. The van der Waals surface area contributed by atoms with E-state index >= 15 is 0 Å². The largest absolute Gasteiger partial charge is 0.496 e. The van der Waals surface area contributed by atoms with Gasteiger partial charge in [0.25, 0.3) is 5.56 Å². The number of hydrogen-bond donors (Lipinski definition) is 1. The third-order valence-corrected chi connectivity index (χ3v) is 6.82. The molecule has 0 aliphatic carbocycles. The summed E-state index contributed by atoms with van der Waals surface area (Å²) in [5.74, 6) is 0.723. The van der Waals surface area contributed by atoms with Gasteiger partial charge in [-0.2, -0.15) is 0 Å². The van der Waals surface area contributed by atoms with Gasteiger partial charge in [0.2, 0.25) is 0 Å². The SMILES string of the molecule is COc1ccccc1C1Nc2ccccc2-n2c(-c3ccccc3)c3c(=O)n(C)c(=O)n(C)c3c21. The zero-order valence-corrected chi connectivity index (χ0v) is 19.6. The van der Waals surface area contributed by atoms with Crippen LogP contribution in [0.1, 0.15) is 17.3 Å². The van der Waals surface area contributed by atoms with E-state index in [4.69, 9.17) is 4.74 Å². The van der Waals surface area contributed by atoms with Gasteiger partial charge < -0.3 is 14.6 Å². The van der Waals surface area contributed by atoms with Crippen molar-refractivity contribution in [1.29, 1.82) is 0 Å². The molecule has 1 atom stereocenters. The number of ether oxygens (including phenoxy) is 1. The lowest BCUT2D eigenvalue weighted by Gasteiger charge is -2.31. The highest BCUT2D eigenvalue weighted by Gasteiger charge is 2.35. The number of aryl methyl sites for hydroxylation is 1. The van der Waals surface area contributed by atoms with E-state index in [1.54, 1.807) is 18.7 Å². The van der Waals surface area contributed by atoms with Gasteiger partial charge in [0.1, 0.15) is 5.75 Å². The lowest BCUT2D eigenvalue weighted by molar-refractivity contribution is 0.408. The van der Waals surface area contributed by atoms with Crippen molar-refractivity contribution >= 4 is 16.6 Å². The monoisotopic (exact) mass is 464 g/mol. The average molecular weight is 465 g/mol. The summed E-state index contributed by atoms with van der Waals surface area (Å²) in [6, 6.07) is 25.3. The van der Waals surface area contributed by atoms with Gasteiger partial charge in [-0.15, -0.1) is 0 Å². The maximum absolute atomic E-state index is 13.7. The van der Waals surface area contributed by atoms with Gasteiger partial charge in [-0.25, -0.2) is 4.79 Å². The van der Waals surface area contributed by atoms with Crippen LogP contribution in [0, 0.1) is 0 Å². The molecule has 0 bridgehead atoms. The number of anilines is 1. The van der Waals surface area contributed by atoms with E-state index in [0.717, 1.165) is 39.6 Å². The van der Waals surface area contributed by atoms with Crippen molar-refractivity contribution in [2.24, 2.45) is 14.1 Å². The fourth-order valence-electron chi connectivity index (χ4n) is 5.23. The number of fused-ring (bicyclic) bond motifs is 5. The van der Waals surface area contributed by atoms with Crippen molar-refractivity contribution in [2.45, 2.75) is 6.04 Å². The molecule has 5 aromatic rings. The van der Waals surface area contributed by atoms with E-state index in [1.165, 1.54) is 11.6 Å². The Morgan fingerprint density at radius 3 is 2.29 bits per heavy atom. The Morgan fingerprint density at radius 1 is 0.829 bits per heavy atom. The number of para-hydroxylation sites is 3. The summed E-state index contributed by atoms with van der Waals surface area (Å²) < 4.78 is 10.6. The molecule has 0 spiro atoms. The van der Waals surface area contributed by atoms with Crippen molar-refractivity contribution in [3.8, 4) is 22.7 Å². The van der Waals surface area contributed by atoms with Gasteiger partial charge >= 0.3 is 5.69 Å². The molecule has 3 heterocycles. The number of nitrogens with zero attached hydrogens (tertiary/aromatic N) is 3. The standard InChI is InChI=1S/C28H24N4O3/c1-30-25-22(27(33)31(2)28(30)34)24(17-11-5-4-6-12-17)32-20-15-9-8-14-19(20)29-23(26(25)32)18-13-7-10-16-21(18)35-3/h4-16,23,29H,1-3H3. The molecule has 35 heavy (non-hydrogen) atoms. The number of nitrogens with one attached hydrogen (secondary N) is 1. The maximum atomic E-state index is 13.7. The molecule has 1 unspecified atom stereocenters. The minimum absolute atomic E-state index is 0.319. The van der Waals surface area contributed by atoms with Crippen LogP contribution in [0.3, 0.4) is 0 Å². The maximum Gasteiger partial charge on any atom is 0.331 e. The van der Waals surface area contributed by atoms with Crippen LogP contribution in [-0.2, 0) is 14.1 Å². The van der Waals surface area contributed by atoms with Crippen LogP contribution in [0.25, 0.3) is 27.8 Å². The molecule has 0 saturated heterocycles. The van der Waals surface area contributed by atoms with Gasteiger partial charge in [0.15, 0.2) is 0 Å². The lowest BCUT2D eigenvalue weighted by atomic mass is 9.98. The summed E-state index contributed by atoms with van der Waals surface area (Å²) in [5.41, 5.74) is 5.16. The van der Waals surface area contributed by atoms with Crippen LogP contribution >= 0.6 is 0 Å². The first-order valence-electron chi connectivity index (χ1n) is 11.4. The molecule has 2 aromatic heterocycles. The molecule has 7 nitrogen and oxygen atoms in total. The Kier molecular flexibility index (Phi) is 4.67. The van der Waals surface area contributed by atoms with Crippen LogP contribution in [-0.4, -0.2) is 20.8 Å². The molecular formula is C28H24N4O3. The van der Waals surface area contributed by atoms with Gasteiger partial charge in [-0.3, -0.25) is 13.9 Å².